The van der Waals surface area contributed by atoms with Crippen LogP contribution in [0.5, 0.6) is 0 Å². The van der Waals surface area contributed by atoms with Gasteiger partial charge in [-0.15, -0.1) is 0 Å². The quantitative estimate of drug-likeness (QED) is 0.866. The molecule has 0 radical (unpaired) electrons. The molecule has 2 aromatic heterocycles. The van der Waals surface area contributed by atoms with Crippen LogP contribution in [0.15, 0.2) is 36.8 Å². The summed E-state index contributed by atoms with van der Waals surface area (Å²) in [5.41, 5.74) is 2.16. The second kappa shape index (κ2) is 6.48. The molecule has 102 valence electrons. The van der Waals surface area contributed by atoms with E-state index in [1.807, 2.05) is 29.1 Å². The molecule has 0 aromatic carbocycles. The number of pyridine rings is 1. The average molecular weight is 259 g/mol. The summed E-state index contributed by atoms with van der Waals surface area (Å²) in [4.78, 5) is 3.98. The van der Waals surface area contributed by atoms with Crippen LogP contribution in [0, 0.1) is 0 Å². The third-order valence-corrected chi connectivity index (χ3v) is 3.15. The Bertz CT molecular complexity index is 493. The standard InChI is InChI=1S/C15H21N3O/c1-12(2)18-10-7-14(17-18)11-15(19)4-3-13-5-8-16-9-6-13/h5-10,12,15,19H,3-4,11H2,1-2H3. The van der Waals surface area contributed by atoms with Crippen LogP contribution in [0.1, 0.15) is 37.6 Å². The molecule has 0 spiro atoms. The summed E-state index contributed by atoms with van der Waals surface area (Å²) in [6.07, 6.45) is 7.43. The van der Waals surface area contributed by atoms with Gasteiger partial charge in [-0.2, -0.15) is 5.10 Å². The Labute approximate surface area is 114 Å². The molecule has 0 fully saturated rings. The summed E-state index contributed by atoms with van der Waals surface area (Å²) < 4.78 is 1.92. The zero-order valence-corrected chi connectivity index (χ0v) is 11.5. The number of hydrogen-bond donors (Lipinski definition) is 1. The molecular formula is C15H21N3O. The molecule has 1 unspecified atom stereocenters. The monoisotopic (exact) mass is 259 g/mol. The molecule has 0 aliphatic carbocycles. The van der Waals surface area contributed by atoms with Gasteiger partial charge in [-0.05, 0) is 50.5 Å². The number of rotatable bonds is 6. The molecule has 4 heteroatoms. The smallest absolute Gasteiger partial charge is 0.0650 e. The molecular weight excluding hydrogens is 238 g/mol. The van der Waals surface area contributed by atoms with E-state index in [0.717, 1.165) is 18.5 Å². The second-order valence-electron chi connectivity index (χ2n) is 5.13. The first-order chi connectivity index (χ1) is 9.15. The molecule has 0 aliphatic rings. The maximum Gasteiger partial charge on any atom is 0.0650 e. The minimum atomic E-state index is -0.344. The van der Waals surface area contributed by atoms with E-state index < -0.39 is 0 Å². The molecule has 2 aromatic rings. The zero-order valence-electron chi connectivity index (χ0n) is 11.5. The fourth-order valence-electron chi connectivity index (χ4n) is 2.00. The van der Waals surface area contributed by atoms with Crippen molar-refractivity contribution in [2.24, 2.45) is 0 Å². The van der Waals surface area contributed by atoms with Crippen LogP contribution >= 0.6 is 0 Å². The lowest BCUT2D eigenvalue weighted by Gasteiger charge is -2.09. The molecule has 0 bridgehead atoms. The summed E-state index contributed by atoms with van der Waals surface area (Å²) in [6.45, 7) is 4.19. The van der Waals surface area contributed by atoms with Gasteiger partial charge in [0.25, 0.3) is 0 Å². The Hall–Kier alpha value is -1.68. The second-order valence-corrected chi connectivity index (χ2v) is 5.13. The molecule has 2 rings (SSSR count). The van der Waals surface area contributed by atoms with Gasteiger partial charge >= 0.3 is 0 Å². The number of nitrogens with zero attached hydrogens (tertiary/aromatic N) is 3. The van der Waals surface area contributed by atoms with Gasteiger partial charge in [0.2, 0.25) is 0 Å². The molecule has 4 nitrogen and oxygen atoms in total. The van der Waals surface area contributed by atoms with E-state index in [9.17, 15) is 5.11 Å². The van der Waals surface area contributed by atoms with Crippen LogP contribution in [-0.2, 0) is 12.8 Å². The highest BCUT2D eigenvalue weighted by molar-refractivity contribution is 5.10. The largest absolute Gasteiger partial charge is 0.393 e. The van der Waals surface area contributed by atoms with Crippen molar-refractivity contribution < 1.29 is 5.11 Å². The van der Waals surface area contributed by atoms with E-state index in [0.29, 0.717) is 12.5 Å². The molecule has 0 saturated heterocycles. The van der Waals surface area contributed by atoms with Crippen LogP contribution in [0.3, 0.4) is 0 Å². The van der Waals surface area contributed by atoms with Crippen LogP contribution in [0.2, 0.25) is 0 Å². The van der Waals surface area contributed by atoms with Crippen molar-refractivity contribution >= 4 is 0 Å². The summed E-state index contributed by atoms with van der Waals surface area (Å²) in [6, 6.07) is 6.32. The third kappa shape index (κ3) is 4.17. The average Bonchev–Trinajstić information content (AvgIpc) is 2.86. The van der Waals surface area contributed by atoms with Crippen LogP contribution in [-0.4, -0.2) is 26.0 Å². The lowest BCUT2D eigenvalue weighted by atomic mass is 10.1. The predicted octanol–water partition coefficient (Wildman–Crippen LogP) is 2.40. The van der Waals surface area contributed by atoms with Gasteiger partial charge in [0.05, 0.1) is 11.8 Å². The van der Waals surface area contributed by atoms with E-state index in [2.05, 4.69) is 23.9 Å². The Morgan fingerprint density at radius 2 is 1.95 bits per heavy atom. The molecule has 1 N–H and O–H groups in total. The van der Waals surface area contributed by atoms with Gasteiger partial charge < -0.3 is 5.11 Å². The number of aryl methyl sites for hydroxylation is 1. The van der Waals surface area contributed by atoms with Crippen molar-refractivity contribution in [1.29, 1.82) is 0 Å². The van der Waals surface area contributed by atoms with Crippen LogP contribution < -0.4 is 0 Å². The maximum absolute atomic E-state index is 10.0. The van der Waals surface area contributed by atoms with Gasteiger partial charge in [0, 0.05) is 31.1 Å². The normalized spacial score (nSPS) is 12.8. The Morgan fingerprint density at radius 1 is 1.21 bits per heavy atom. The minimum Gasteiger partial charge on any atom is -0.393 e. The van der Waals surface area contributed by atoms with Crippen molar-refractivity contribution in [3.05, 3.63) is 48.0 Å². The maximum atomic E-state index is 10.0. The fraction of sp³-hybridized carbons (Fsp3) is 0.467. The first kappa shape index (κ1) is 13.7. The van der Waals surface area contributed by atoms with E-state index in [4.69, 9.17) is 0 Å². The number of aliphatic hydroxyl groups excluding tert-OH is 1. The van der Waals surface area contributed by atoms with Crippen molar-refractivity contribution in [2.45, 2.75) is 45.3 Å². The van der Waals surface area contributed by atoms with Gasteiger partial charge in [-0.25, -0.2) is 0 Å². The zero-order chi connectivity index (χ0) is 13.7. The number of aromatic nitrogens is 3. The first-order valence-electron chi connectivity index (χ1n) is 6.76. The van der Waals surface area contributed by atoms with E-state index >= 15 is 0 Å². The SMILES string of the molecule is CC(C)n1ccc(CC(O)CCc2ccncc2)n1. The lowest BCUT2D eigenvalue weighted by molar-refractivity contribution is 0.163. The van der Waals surface area contributed by atoms with E-state index in [1.165, 1.54) is 5.56 Å². The van der Waals surface area contributed by atoms with Crippen molar-refractivity contribution in [1.82, 2.24) is 14.8 Å². The topological polar surface area (TPSA) is 50.9 Å². The van der Waals surface area contributed by atoms with Crippen LogP contribution in [0.25, 0.3) is 0 Å². The summed E-state index contributed by atoms with van der Waals surface area (Å²) in [5, 5.41) is 14.5. The highest BCUT2D eigenvalue weighted by Gasteiger charge is 2.09. The highest BCUT2D eigenvalue weighted by atomic mass is 16.3. The fourth-order valence-corrected chi connectivity index (χ4v) is 2.00. The van der Waals surface area contributed by atoms with Crippen molar-refractivity contribution in [3.8, 4) is 0 Å². The summed E-state index contributed by atoms with van der Waals surface area (Å²) in [5.74, 6) is 0. The van der Waals surface area contributed by atoms with Crippen molar-refractivity contribution in [3.63, 3.8) is 0 Å². The third-order valence-electron chi connectivity index (χ3n) is 3.15. The van der Waals surface area contributed by atoms with E-state index in [-0.39, 0.29) is 6.10 Å². The van der Waals surface area contributed by atoms with Crippen LogP contribution in [0.4, 0.5) is 0 Å². The van der Waals surface area contributed by atoms with Gasteiger partial charge in [0.1, 0.15) is 0 Å². The highest BCUT2D eigenvalue weighted by Crippen LogP contribution is 2.10. The van der Waals surface area contributed by atoms with Gasteiger partial charge in [-0.1, -0.05) is 0 Å². The lowest BCUT2D eigenvalue weighted by Crippen LogP contribution is -2.12. The minimum absolute atomic E-state index is 0.344. The van der Waals surface area contributed by atoms with E-state index in [1.54, 1.807) is 12.4 Å². The molecule has 0 saturated carbocycles. The molecule has 19 heavy (non-hydrogen) atoms. The number of aliphatic hydroxyl groups is 1. The Morgan fingerprint density at radius 3 is 2.58 bits per heavy atom. The Kier molecular flexibility index (Phi) is 4.68. The number of hydrogen-bond acceptors (Lipinski definition) is 3. The van der Waals surface area contributed by atoms with Gasteiger partial charge in [0.15, 0.2) is 0 Å². The van der Waals surface area contributed by atoms with Gasteiger partial charge in [-0.3, -0.25) is 9.67 Å². The molecule has 2 heterocycles. The molecule has 0 aliphatic heterocycles. The molecule has 1 atom stereocenters. The van der Waals surface area contributed by atoms with Crippen molar-refractivity contribution in [2.75, 3.05) is 0 Å². The summed E-state index contributed by atoms with van der Waals surface area (Å²) >= 11 is 0. The summed E-state index contributed by atoms with van der Waals surface area (Å²) in [7, 11) is 0. The predicted molar refractivity (Wildman–Crippen MR) is 74.9 cm³/mol. The molecule has 0 amide bonds. The Balaban J connectivity index is 1.82. The first-order valence-corrected chi connectivity index (χ1v) is 6.76.